The van der Waals surface area contributed by atoms with Crippen LogP contribution in [-0.2, 0) is 24.4 Å². The highest BCUT2D eigenvalue weighted by molar-refractivity contribution is 5.98. The molecule has 0 radical (unpaired) electrons. The fraction of sp³-hybridized carbons (Fsp3) is 0.217. The van der Waals surface area contributed by atoms with Crippen LogP contribution in [-0.4, -0.2) is 38.0 Å². The van der Waals surface area contributed by atoms with Gasteiger partial charge in [0.2, 0.25) is 0 Å². The summed E-state index contributed by atoms with van der Waals surface area (Å²) in [6.45, 7) is 2.30. The summed E-state index contributed by atoms with van der Waals surface area (Å²) in [6.07, 6.45) is 5.51. The van der Waals surface area contributed by atoms with Crippen molar-refractivity contribution in [1.29, 1.82) is 0 Å². The molecule has 1 amide bonds. The number of amides is 1. The summed E-state index contributed by atoms with van der Waals surface area (Å²) in [7, 11) is 0. The summed E-state index contributed by atoms with van der Waals surface area (Å²) in [5, 5.41) is 1.04. The largest absolute Gasteiger partial charge is 0.370 e. The van der Waals surface area contributed by atoms with Gasteiger partial charge >= 0.3 is 0 Å². The van der Waals surface area contributed by atoms with Gasteiger partial charge in [0, 0.05) is 41.7 Å². The standard InChI is InChI=1S/C23H22N4O2/c28-23(22-11-18-6-1-2-8-21(18)25-22)27-13-19-7-4-10-26(19)14-20(15-27)29-16-17-5-3-9-24-12-17/h1-12,20,25H,13-16H2. The Labute approximate surface area is 168 Å². The molecule has 5 rings (SSSR count). The number of para-hydroxylation sites is 1. The molecular formula is C23H22N4O2. The number of benzene rings is 1. The van der Waals surface area contributed by atoms with Crippen LogP contribution in [0.3, 0.4) is 0 Å². The third-order valence-electron chi connectivity index (χ3n) is 5.36. The molecule has 4 aromatic rings. The van der Waals surface area contributed by atoms with Crippen LogP contribution >= 0.6 is 0 Å². The first-order valence-electron chi connectivity index (χ1n) is 9.78. The molecule has 1 aliphatic heterocycles. The molecule has 0 aliphatic carbocycles. The molecule has 0 spiro atoms. The van der Waals surface area contributed by atoms with Gasteiger partial charge in [-0.25, -0.2) is 0 Å². The third kappa shape index (κ3) is 3.67. The topological polar surface area (TPSA) is 63.2 Å². The minimum Gasteiger partial charge on any atom is -0.370 e. The van der Waals surface area contributed by atoms with Crippen LogP contribution in [0.4, 0.5) is 0 Å². The number of carbonyl (C=O) groups is 1. The Morgan fingerprint density at radius 1 is 1.14 bits per heavy atom. The Balaban J connectivity index is 1.38. The predicted molar refractivity (Wildman–Crippen MR) is 110 cm³/mol. The number of aromatic amines is 1. The summed E-state index contributed by atoms with van der Waals surface area (Å²) in [4.78, 5) is 22.6. The number of H-pyrrole nitrogens is 1. The van der Waals surface area contributed by atoms with Crippen LogP contribution in [0.2, 0.25) is 0 Å². The smallest absolute Gasteiger partial charge is 0.270 e. The molecule has 1 aromatic carbocycles. The lowest BCUT2D eigenvalue weighted by atomic mass is 10.2. The molecule has 1 unspecified atom stereocenters. The molecule has 0 saturated carbocycles. The van der Waals surface area contributed by atoms with E-state index >= 15 is 0 Å². The van der Waals surface area contributed by atoms with Crippen LogP contribution in [0.5, 0.6) is 0 Å². The molecule has 0 saturated heterocycles. The molecule has 1 N–H and O–H groups in total. The predicted octanol–water partition coefficient (Wildman–Crippen LogP) is 3.61. The first-order valence-corrected chi connectivity index (χ1v) is 9.78. The van der Waals surface area contributed by atoms with Gasteiger partial charge in [0.1, 0.15) is 5.69 Å². The second-order valence-corrected chi connectivity index (χ2v) is 7.40. The van der Waals surface area contributed by atoms with Crippen molar-refractivity contribution < 1.29 is 9.53 Å². The summed E-state index contributed by atoms with van der Waals surface area (Å²) in [6, 6.07) is 17.8. The van der Waals surface area contributed by atoms with Crippen molar-refractivity contribution in [3.05, 3.63) is 90.1 Å². The van der Waals surface area contributed by atoms with Gasteiger partial charge in [0.05, 0.1) is 25.8 Å². The summed E-state index contributed by atoms with van der Waals surface area (Å²) >= 11 is 0. The van der Waals surface area contributed by atoms with Gasteiger partial charge in [-0.05, 0) is 35.9 Å². The number of nitrogens with zero attached hydrogens (tertiary/aromatic N) is 3. The SMILES string of the molecule is O=C(c1cc2ccccc2[nH]1)N1Cc2cccn2CC(OCc2cccnc2)C1. The third-order valence-corrected chi connectivity index (χ3v) is 5.36. The molecule has 1 aliphatic rings. The van der Waals surface area contributed by atoms with Crippen molar-refractivity contribution in [1.82, 2.24) is 19.4 Å². The lowest BCUT2D eigenvalue weighted by Gasteiger charge is -2.24. The highest BCUT2D eigenvalue weighted by Crippen LogP contribution is 2.21. The van der Waals surface area contributed by atoms with Crippen LogP contribution in [0.25, 0.3) is 10.9 Å². The van der Waals surface area contributed by atoms with Gasteiger partial charge in [-0.1, -0.05) is 24.3 Å². The van der Waals surface area contributed by atoms with Crippen LogP contribution in [0.15, 0.2) is 73.2 Å². The zero-order valence-corrected chi connectivity index (χ0v) is 16.0. The Kier molecular flexibility index (Phi) is 4.62. The van der Waals surface area contributed by atoms with E-state index < -0.39 is 0 Å². The van der Waals surface area contributed by atoms with E-state index in [4.69, 9.17) is 4.74 Å². The molecule has 6 heteroatoms. The number of hydrogen-bond acceptors (Lipinski definition) is 3. The van der Waals surface area contributed by atoms with E-state index in [1.54, 1.807) is 6.20 Å². The zero-order valence-electron chi connectivity index (χ0n) is 16.0. The van der Waals surface area contributed by atoms with E-state index in [1.807, 2.05) is 65.8 Å². The van der Waals surface area contributed by atoms with Crippen molar-refractivity contribution in [3.63, 3.8) is 0 Å². The lowest BCUT2D eigenvalue weighted by Crippen LogP contribution is -2.37. The number of rotatable bonds is 4. The van der Waals surface area contributed by atoms with E-state index in [0.29, 0.717) is 25.4 Å². The van der Waals surface area contributed by atoms with Gasteiger partial charge in [-0.3, -0.25) is 9.78 Å². The number of pyridine rings is 1. The average molecular weight is 386 g/mol. The summed E-state index contributed by atoms with van der Waals surface area (Å²) in [5.41, 5.74) is 3.72. The number of fused-ring (bicyclic) bond motifs is 2. The van der Waals surface area contributed by atoms with E-state index in [2.05, 4.69) is 20.6 Å². The Bertz CT molecular complexity index is 1100. The Morgan fingerprint density at radius 2 is 2.07 bits per heavy atom. The van der Waals surface area contributed by atoms with Gasteiger partial charge in [0.15, 0.2) is 0 Å². The lowest BCUT2D eigenvalue weighted by molar-refractivity contribution is 0.0103. The van der Waals surface area contributed by atoms with Crippen molar-refractivity contribution in [2.24, 2.45) is 0 Å². The van der Waals surface area contributed by atoms with Gasteiger partial charge in [0.25, 0.3) is 5.91 Å². The maximum absolute atomic E-state index is 13.3. The number of carbonyl (C=O) groups excluding carboxylic acids is 1. The fourth-order valence-corrected chi connectivity index (χ4v) is 3.87. The molecule has 1 atom stereocenters. The van der Waals surface area contributed by atoms with Crippen LogP contribution < -0.4 is 0 Å². The van der Waals surface area contributed by atoms with Crippen LogP contribution in [0, 0.1) is 0 Å². The quantitative estimate of drug-likeness (QED) is 0.583. The molecule has 4 heterocycles. The molecule has 29 heavy (non-hydrogen) atoms. The summed E-state index contributed by atoms with van der Waals surface area (Å²) < 4.78 is 8.36. The van der Waals surface area contributed by atoms with Gasteiger partial charge in [-0.2, -0.15) is 0 Å². The second kappa shape index (κ2) is 7.56. The first kappa shape index (κ1) is 17.7. The maximum Gasteiger partial charge on any atom is 0.270 e. The minimum absolute atomic E-state index is 0.00849. The van der Waals surface area contributed by atoms with Crippen molar-refractivity contribution in [2.45, 2.75) is 25.8 Å². The van der Waals surface area contributed by atoms with E-state index in [-0.39, 0.29) is 12.0 Å². The second-order valence-electron chi connectivity index (χ2n) is 7.40. The molecule has 0 bridgehead atoms. The van der Waals surface area contributed by atoms with Gasteiger partial charge < -0.3 is 19.2 Å². The zero-order chi connectivity index (χ0) is 19.6. The minimum atomic E-state index is -0.0998. The Morgan fingerprint density at radius 3 is 2.93 bits per heavy atom. The van der Waals surface area contributed by atoms with Crippen molar-refractivity contribution >= 4 is 16.8 Å². The fourth-order valence-electron chi connectivity index (χ4n) is 3.87. The first-order chi connectivity index (χ1) is 14.3. The van der Waals surface area contributed by atoms with Crippen molar-refractivity contribution in [2.75, 3.05) is 6.54 Å². The van der Waals surface area contributed by atoms with E-state index in [0.717, 1.165) is 28.7 Å². The normalized spacial score (nSPS) is 16.6. The molecule has 3 aromatic heterocycles. The molecule has 146 valence electrons. The maximum atomic E-state index is 13.3. The number of aromatic nitrogens is 3. The molecule has 0 fully saturated rings. The van der Waals surface area contributed by atoms with Crippen molar-refractivity contribution in [3.8, 4) is 0 Å². The number of hydrogen-bond donors (Lipinski definition) is 1. The average Bonchev–Trinajstić information content (AvgIpc) is 3.34. The monoisotopic (exact) mass is 386 g/mol. The Hall–Kier alpha value is -3.38. The number of ether oxygens (including phenoxy) is 1. The highest BCUT2D eigenvalue weighted by atomic mass is 16.5. The highest BCUT2D eigenvalue weighted by Gasteiger charge is 2.27. The van der Waals surface area contributed by atoms with Crippen LogP contribution in [0.1, 0.15) is 21.7 Å². The number of nitrogens with one attached hydrogen (secondary N) is 1. The van der Waals surface area contributed by atoms with E-state index in [1.165, 1.54) is 0 Å². The van der Waals surface area contributed by atoms with E-state index in [9.17, 15) is 4.79 Å². The molecule has 6 nitrogen and oxygen atoms in total. The van der Waals surface area contributed by atoms with Gasteiger partial charge in [-0.15, -0.1) is 0 Å². The molecular weight excluding hydrogens is 364 g/mol. The summed E-state index contributed by atoms with van der Waals surface area (Å²) in [5.74, 6) is -0.00849.